The fourth-order valence-corrected chi connectivity index (χ4v) is 2.56. The minimum absolute atomic E-state index is 0.00300. The molecule has 0 radical (unpaired) electrons. The first-order chi connectivity index (χ1) is 8.70. The summed E-state index contributed by atoms with van der Waals surface area (Å²) in [7, 11) is 0. The van der Waals surface area contributed by atoms with Crippen LogP contribution < -0.4 is 10.9 Å². The van der Waals surface area contributed by atoms with E-state index in [0.29, 0.717) is 12.1 Å². The summed E-state index contributed by atoms with van der Waals surface area (Å²) in [5.41, 5.74) is 2.33. The zero-order valence-electron chi connectivity index (χ0n) is 11.2. The highest BCUT2D eigenvalue weighted by Gasteiger charge is 2.21. The maximum Gasteiger partial charge on any atom is 0.248 e. The number of rotatable bonds is 5. The van der Waals surface area contributed by atoms with Crippen molar-refractivity contribution in [1.82, 2.24) is 10.3 Å². The van der Waals surface area contributed by atoms with Gasteiger partial charge in [-0.25, -0.2) is 0 Å². The highest BCUT2D eigenvalue weighted by atomic mass is 16.5. The number of aromatic nitrogens is 1. The first kappa shape index (κ1) is 13.3. The van der Waals surface area contributed by atoms with Crippen LogP contribution in [0.3, 0.4) is 0 Å². The van der Waals surface area contributed by atoms with Gasteiger partial charge in [0, 0.05) is 30.5 Å². The standard InChI is InChI=1S/C14H22N2O2/c1-3-18-9-10(2)15-12-5-4-6-13-11(12)7-8-14(17)16-13/h7-8,10,12,15H,3-6,9H2,1-2H3,(H,16,17). The van der Waals surface area contributed by atoms with Gasteiger partial charge in [-0.05, 0) is 38.7 Å². The number of hydrogen-bond donors (Lipinski definition) is 2. The first-order valence-electron chi connectivity index (χ1n) is 6.76. The van der Waals surface area contributed by atoms with Gasteiger partial charge >= 0.3 is 0 Å². The molecular formula is C14H22N2O2. The monoisotopic (exact) mass is 250 g/mol. The Morgan fingerprint density at radius 1 is 1.56 bits per heavy atom. The van der Waals surface area contributed by atoms with E-state index >= 15 is 0 Å². The van der Waals surface area contributed by atoms with E-state index in [9.17, 15) is 4.79 Å². The number of fused-ring (bicyclic) bond motifs is 1. The lowest BCUT2D eigenvalue weighted by Crippen LogP contribution is -2.36. The van der Waals surface area contributed by atoms with Crippen molar-refractivity contribution in [3.63, 3.8) is 0 Å². The van der Waals surface area contributed by atoms with Crippen LogP contribution in [0.25, 0.3) is 0 Å². The molecule has 2 N–H and O–H groups in total. The molecule has 18 heavy (non-hydrogen) atoms. The van der Waals surface area contributed by atoms with Crippen molar-refractivity contribution in [2.75, 3.05) is 13.2 Å². The quantitative estimate of drug-likeness (QED) is 0.837. The van der Waals surface area contributed by atoms with Crippen LogP contribution in [-0.2, 0) is 11.2 Å². The Kier molecular flexibility index (Phi) is 4.55. The Bertz CT molecular complexity index is 442. The van der Waals surface area contributed by atoms with Gasteiger partial charge in [0.05, 0.1) is 6.61 Å². The van der Waals surface area contributed by atoms with Crippen molar-refractivity contribution in [3.05, 3.63) is 33.7 Å². The molecule has 1 heterocycles. The third-order valence-electron chi connectivity index (χ3n) is 3.39. The molecule has 2 rings (SSSR count). The Hall–Kier alpha value is -1.13. The van der Waals surface area contributed by atoms with Gasteiger partial charge in [-0.3, -0.25) is 4.79 Å². The summed E-state index contributed by atoms with van der Waals surface area (Å²) in [6.07, 6.45) is 3.21. The van der Waals surface area contributed by atoms with Crippen molar-refractivity contribution in [2.45, 2.75) is 45.2 Å². The van der Waals surface area contributed by atoms with E-state index < -0.39 is 0 Å². The minimum Gasteiger partial charge on any atom is -0.380 e. The van der Waals surface area contributed by atoms with Crippen LogP contribution in [0.5, 0.6) is 0 Å². The predicted octanol–water partition coefficient (Wildman–Crippen LogP) is 1.77. The van der Waals surface area contributed by atoms with Gasteiger partial charge in [-0.15, -0.1) is 0 Å². The molecule has 2 atom stereocenters. The maximum absolute atomic E-state index is 11.3. The lowest BCUT2D eigenvalue weighted by atomic mass is 9.91. The van der Waals surface area contributed by atoms with E-state index in [4.69, 9.17) is 4.74 Å². The molecule has 0 saturated heterocycles. The summed E-state index contributed by atoms with van der Waals surface area (Å²) in [4.78, 5) is 14.3. The molecular weight excluding hydrogens is 228 g/mol. The van der Waals surface area contributed by atoms with Gasteiger partial charge in [0.1, 0.15) is 0 Å². The summed E-state index contributed by atoms with van der Waals surface area (Å²) in [5, 5.41) is 3.58. The van der Waals surface area contributed by atoms with Crippen LogP contribution in [0.2, 0.25) is 0 Å². The third-order valence-corrected chi connectivity index (χ3v) is 3.39. The molecule has 2 unspecified atom stereocenters. The van der Waals surface area contributed by atoms with E-state index in [1.165, 1.54) is 5.56 Å². The van der Waals surface area contributed by atoms with Crippen molar-refractivity contribution >= 4 is 0 Å². The number of hydrogen-bond acceptors (Lipinski definition) is 3. The van der Waals surface area contributed by atoms with Gasteiger partial charge in [-0.2, -0.15) is 0 Å². The number of nitrogens with one attached hydrogen (secondary N) is 2. The SMILES string of the molecule is CCOCC(C)NC1CCCc2[nH]c(=O)ccc21. The second-order valence-electron chi connectivity index (χ2n) is 4.93. The van der Waals surface area contributed by atoms with E-state index in [1.54, 1.807) is 6.07 Å². The van der Waals surface area contributed by atoms with Crippen LogP contribution in [0, 0.1) is 0 Å². The Balaban J connectivity index is 2.05. The van der Waals surface area contributed by atoms with E-state index in [2.05, 4.69) is 17.2 Å². The van der Waals surface area contributed by atoms with Crippen LogP contribution in [0.1, 0.15) is 44.0 Å². The molecule has 1 aliphatic rings. The zero-order valence-corrected chi connectivity index (χ0v) is 11.2. The average molecular weight is 250 g/mol. The smallest absolute Gasteiger partial charge is 0.248 e. The largest absolute Gasteiger partial charge is 0.380 e. The van der Waals surface area contributed by atoms with Crippen LogP contribution in [-0.4, -0.2) is 24.2 Å². The molecule has 0 amide bonds. The second kappa shape index (κ2) is 6.16. The average Bonchev–Trinajstić information content (AvgIpc) is 2.36. The summed E-state index contributed by atoms with van der Waals surface area (Å²) < 4.78 is 5.42. The Morgan fingerprint density at radius 2 is 2.39 bits per heavy atom. The second-order valence-corrected chi connectivity index (χ2v) is 4.93. The first-order valence-corrected chi connectivity index (χ1v) is 6.76. The molecule has 4 nitrogen and oxygen atoms in total. The molecule has 0 spiro atoms. The van der Waals surface area contributed by atoms with Crippen molar-refractivity contribution in [3.8, 4) is 0 Å². The van der Waals surface area contributed by atoms with Gasteiger partial charge < -0.3 is 15.0 Å². The van der Waals surface area contributed by atoms with Crippen molar-refractivity contribution in [1.29, 1.82) is 0 Å². The molecule has 0 aromatic carbocycles. The summed E-state index contributed by atoms with van der Waals surface area (Å²) in [6.45, 7) is 5.62. The molecule has 0 saturated carbocycles. The predicted molar refractivity (Wildman–Crippen MR) is 71.8 cm³/mol. The zero-order chi connectivity index (χ0) is 13.0. The van der Waals surface area contributed by atoms with Crippen molar-refractivity contribution < 1.29 is 4.74 Å². The number of aromatic amines is 1. The Morgan fingerprint density at radius 3 is 3.17 bits per heavy atom. The highest BCUT2D eigenvalue weighted by Crippen LogP contribution is 2.27. The molecule has 4 heteroatoms. The fourth-order valence-electron chi connectivity index (χ4n) is 2.56. The van der Waals surface area contributed by atoms with Crippen LogP contribution in [0.15, 0.2) is 16.9 Å². The summed E-state index contributed by atoms with van der Waals surface area (Å²) in [5.74, 6) is 0. The number of ether oxygens (including phenoxy) is 1. The molecule has 0 aliphatic heterocycles. The van der Waals surface area contributed by atoms with Crippen LogP contribution >= 0.6 is 0 Å². The molecule has 0 bridgehead atoms. The molecule has 1 aromatic rings. The number of aryl methyl sites for hydroxylation is 1. The lowest BCUT2D eigenvalue weighted by Gasteiger charge is -2.28. The molecule has 0 fully saturated rings. The van der Waals surface area contributed by atoms with Crippen LogP contribution in [0.4, 0.5) is 0 Å². The van der Waals surface area contributed by atoms with Gasteiger partial charge in [-0.1, -0.05) is 6.07 Å². The lowest BCUT2D eigenvalue weighted by molar-refractivity contribution is 0.122. The summed E-state index contributed by atoms with van der Waals surface area (Å²) >= 11 is 0. The highest BCUT2D eigenvalue weighted by molar-refractivity contribution is 5.26. The maximum atomic E-state index is 11.3. The van der Waals surface area contributed by atoms with E-state index in [0.717, 1.165) is 38.2 Å². The number of H-pyrrole nitrogens is 1. The minimum atomic E-state index is -0.00300. The van der Waals surface area contributed by atoms with E-state index in [1.807, 2.05) is 13.0 Å². The molecule has 1 aliphatic carbocycles. The topological polar surface area (TPSA) is 54.1 Å². The summed E-state index contributed by atoms with van der Waals surface area (Å²) in [6, 6.07) is 4.23. The van der Waals surface area contributed by atoms with Gasteiger partial charge in [0.15, 0.2) is 0 Å². The normalized spacial score (nSPS) is 20.4. The van der Waals surface area contributed by atoms with E-state index in [-0.39, 0.29) is 5.56 Å². The number of pyridine rings is 1. The van der Waals surface area contributed by atoms with Crippen molar-refractivity contribution in [2.24, 2.45) is 0 Å². The van der Waals surface area contributed by atoms with Gasteiger partial charge in [0.2, 0.25) is 5.56 Å². The Labute approximate surface area is 108 Å². The molecule has 100 valence electrons. The van der Waals surface area contributed by atoms with Gasteiger partial charge in [0.25, 0.3) is 0 Å². The fraction of sp³-hybridized carbons (Fsp3) is 0.643. The third kappa shape index (κ3) is 3.21. The molecule has 1 aromatic heterocycles.